The molecule has 0 saturated carbocycles. The fraction of sp³-hybridized carbons (Fsp3) is 0.333. The van der Waals surface area contributed by atoms with Crippen LogP contribution in [0.15, 0.2) is 84.3 Å². The molecule has 2 amide bonds. The Morgan fingerprint density at radius 1 is 1.00 bits per heavy atom. The highest BCUT2D eigenvalue weighted by Crippen LogP contribution is 2.44. The summed E-state index contributed by atoms with van der Waals surface area (Å²) in [6.07, 6.45) is 2.56. The van der Waals surface area contributed by atoms with Crippen LogP contribution in [0.3, 0.4) is 0 Å². The van der Waals surface area contributed by atoms with Gasteiger partial charge in [0.05, 0.1) is 10.4 Å². The molecule has 1 saturated heterocycles. The molecule has 0 bridgehead atoms. The molecule has 1 aliphatic heterocycles. The number of benzene rings is 3. The third-order valence-electron chi connectivity index (χ3n) is 7.31. The normalized spacial score (nSPS) is 18.7. The van der Waals surface area contributed by atoms with E-state index in [4.69, 9.17) is 0 Å². The van der Waals surface area contributed by atoms with Crippen molar-refractivity contribution in [1.29, 1.82) is 0 Å². The number of aryl methyl sites for hydroxylation is 1. The Balaban J connectivity index is 1.46. The van der Waals surface area contributed by atoms with Gasteiger partial charge in [-0.25, -0.2) is 8.42 Å². The lowest BCUT2D eigenvalue weighted by Crippen LogP contribution is -2.56. The quantitative estimate of drug-likeness (QED) is 0.397. The second-order valence-corrected chi connectivity index (χ2v) is 12.7. The van der Waals surface area contributed by atoms with Crippen LogP contribution in [0.2, 0.25) is 0 Å². The van der Waals surface area contributed by atoms with Gasteiger partial charge in [-0.15, -0.1) is 0 Å². The van der Waals surface area contributed by atoms with Crippen molar-refractivity contribution in [2.24, 2.45) is 0 Å². The summed E-state index contributed by atoms with van der Waals surface area (Å²) in [5.74, 6) is -0.477. The summed E-state index contributed by atoms with van der Waals surface area (Å²) in [5, 5.41) is 8.03. The van der Waals surface area contributed by atoms with Gasteiger partial charge >= 0.3 is 0 Å². The van der Waals surface area contributed by atoms with Gasteiger partial charge in [0.2, 0.25) is 21.8 Å². The van der Waals surface area contributed by atoms with E-state index < -0.39 is 21.1 Å². The molecule has 0 aliphatic carbocycles. The molecule has 1 aliphatic rings. The van der Waals surface area contributed by atoms with E-state index in [1.165, 1.54) is 22.5 Å². The van der Waals surface area contributed by atoms with E-state index in [1.54, 1.807) is 12.1 Å². The zero-order valence-corrected chi connectivity index (χ0v) is 23.1. The summed E-state index contributed by atoms with van der Waals surface area (Å²) in [5.41, 5.74) is 0.0480. The lowest BCUT2D eigenvalue weighted by molar-refractivity contribution is -0.117. The SMILES string of the molecule is C=CC(=O)NC1CC(C)(C)N(S(=O)(=O)c2ccc(NC(=O)CCc3cccc4ccccc34)cc2)C1(C)C. The highest BCUT2D eigenvalue weighted by molar-refractivity contribution is 7.89. The molecule has 8 heteroatoms. The van der Waals surface area contributed by atoms with E-state index in [-0.39, 0.29) is 22.8 Å². The third-order valence-corrected chi connectivity index (χ3v) is 9.62. The fourth-order valence-electron chi connectivity index (χ4n) is 5.65. The first-order valence-corrected chi connectivity index (χ1v) is 14.2. The molecule has 0 radical (unpaired) electrons. The van der Waals surface area contributed by atoms with Crippen LogP contribution in [-0.2, 0) is 26.0 Å². The van der Waals surface area contributed by atoms with E-state index >= 15 is 0 Å². The van der Waals surface area contributed by atoms with E-state index in [0.717, 1.165) is 16.3 Å². The summed E-state index contributed by atoms with van der Waals surface area (Å²) < 4.78 is 29.0. The average molecular weight is 534 g/mol. The van der Waals surface area contributed by atoms with Crippen molar-refractivity contribution in [3.8, 4) is 0 Å². The summed E-state index contributed by atoms with van der Waals surface area (Å²) in [6, 6.07) is 20.0. The Morgan fingerprint density at radius 3 is 2.34 bits per heavy atom. The first kappa shape index (κ1) is 27.5. The molecule has 1 fully saturated rings. The van der Waals surface area contributed by atoms with Gasteiger partial charge in [0.1, 0.15) is 0 Å². The van der Waals surface area contributed by atoms with Gasteiger partial charge in [-0.2, -0.15) is 4.31 Å². The van der Waals surface area contributed by atoms with Gasteiger partial charge in [-0.05, 0) is 87.2 Å². The molecule has 4 rings (SSSR count). The largest absolute Gasteiger partial charge is 0.348 e. The Hall–Kier alpha value is -3.49. The van der Waals surface area contributed by atoms with Crippen molar-refractivity contribution in [3.63, 3.8) is 0 Å². The number of nitrogens with one attached hydrogen (secondary N) is 2. The molecular weight excluding hydrogens is 498 g/mol. The van der Waals surface area contributed by atoms with Gasteiger partial charge in [-0.1, -0.05) is 49.0 Å². The average Bonchev–Trinajstić information content (AvgIpc) is 3.05. The molecule has 3 aromatic rings. The number of sulfonamides is 1. The van der Waals surface area contributed by atoms with Crippen LogP contribution in [0.25, 0.3) is 10.8 Å². The van der Waals surface area contributed by atoms with Crippen molar-refractivity contribution in [1.82, 2.24) is 9.62 Å². The molecular formula is C30H35N3O4S. The van der Waals surface area contributed by atoms with E-state index in [9.17, 15) is 18.0 Å². The summed E-state index contributed by atoms with van der Waals surface area (Å²) in [4.78, 5) is 24.8. The van der Waals surface area contributed by atoms with Gasteiger partial charge in [0.25, 0.3) is 0 Å². The first-order valence-electron chi connectivity index (χ1n) is 12.7. The predicted octanol–water partition coefficient (Wildman–Crippen LogP) is 5.03. The predicted molar refractivity (Wildman–Crippen MR) is 151 cm³/mol. The summed E-state index contributed by atoms with van der Waals surface area (Å²) in [6.45, 7) is 10.8. The van der Waals surface area contributed by atoms with Crippen molar-refractivity contribution >= 4 is 38.3 Å². The van der Waals surface area contributed by atoms with Crippen LogP contribution in [0.4, 0.5) is 5.69 Å². The van der Waals surface area contributed by atoms with Gasteiger partial charge in [-0.3, -0.25) is 9.59 Å². The zero-order chi connectivity index (χ0) is 27.7. The summed E-state index contributed by atoms with van der Waals surface area (Å²) >= 11 is 0. The van der Waals surface area contributed by atoms with E-state index in [1.807, 2.05) is 52.0 Å². The minimum atomic E-state index is -3.90. The van der Waals surface area contributed by atoms with E-state index in [2.05, 4.69) is 35.4 Å². The number of anilines is 1. The highest BCUT2D eigenvalue weighted by atomic mass is 32.2. The van der Waals surface area contributed by atoms with E-state index in [0.29, 0.717) is 24.9 Å². The number of hydrogen-bond donors (Lipinski definition) is 2. The second kappa shape index (κ2) is 10.3. The maximum atomic E-state index is 13.8. The molecule has 200 valence electrons. The molecule has 1 heterocycles. The summed E-state index contributed by atoms with van der Waals surface area (Å²) in [7, 11) is -3.90. The van der Waals surface area contributed by atoms with Gasteiger partial charge < -0.3 is 10.6 Å². The number of amides is 2. The fourth-order valence-corrected chi connectivity index (χ4v) is 7.81. The molecule has 0 spiro atoms. The monoisotopic (exact) mass is 533 g/mol. The maximum Gasteiger partial charge on any atom is 0.244 e. The number of carbonyl (C=O) groups is 2. The topological polar surface area (TPSA) is 95.6 Å². The number of nitrogens with zero attached hydrogens (tertiary/aromatic N) is 1. The van der Waals surface area contributed by atoms with Crippen LogP contribution in [0.1, 0.15) is 46.1 Å². The number of rotatable bonds is 8. The van der Waals surface area contributed by atoms with Gasteiger partial charge in [0, 0.05) is 23.7 Å². The first-order chi connectivity index (χ1) is 17.9. The van der Waals surface area contributed by atoms with Gasteiger partial charge in [0.15, 0.2) is 0 Å². The molecule has 38 heavy (non-hydrogen) atoms. The molecule has 3 aromatic carbocycles. The Bertz CT molecular complexity index is 1470. The van der Waals surface area contributed by atoms with Crippen molar-refractivity contribution in [2.45, 2.75) is 69.0 Å². The zero-order valence-electron chi connectivity index (χ0n) is 22.3. The second-order valence-electron chi connectivity index (χ2n) is 10.9. The molecule has 2 N–H and O–H groups in total. The van der Waals surface area contributed by atoms with Crippen molar-refractivity contribution in [2.75, 3.05) is 5.32 Å². The number of carbonyl (C=O) groups excluding carboxylic acids is 2. The van der Waals surface area contributed by atoms with Crippen LogP contribution in [0, 0.1) is 0 Å². The molecule has 1 unspecified atom stereocenters. The Morgan fingerprint density at radius 2 is 1.66 bits per heavy atom. The van der Waals surface area contributed by atoms with Crippen LogP contribution in [-0.4, -0.2) is 41.7 Å². The van der Waals surface area contributed by atoms with Crippen LogP contribution >= 0.6 is 0 Å². The number of hydrogen-bond acceptors (Lipinski definition) is 4. The molecule has 1 atom stereocenters. The third kappa shape index (κ3) is 5.37. The maximum absolute atomic E-state index is 13.8. The standard InChI is InChI=1S/C30H35N3O4S/c1-6-27(34)32-26-20-29(2,3)33(30(26,4)5)38(36,37)24-17-15-23(16-18-24)31-28(35)19-14-22-12-9-11-21-10-7-8-13-25(21)22/h6-13,15-18,26H,1,14,19-20H2,2-5H3,(H,31,35)(H,32,34). The molecule has 0 aromatic heterocycles. The smallest absolute Gasteiger partial charge is 0.244 e. The Kier molecular flexibility index (Phi) is 7.50. The number of fused-ring (bicyclic) bond motifs is 1. The van der Waals surface area contributed by atoms with Crippen LogP contribution < -0.4 is 10.6 Å². The Labute approximate surface area is 225 Å². The molecule has 7 nitrogen and oxygen atoms in total. The minimum absolute atomic E-state index is 0.128. The lowest BCUT2D eigenvalue weighted by Gasteiger charge is -2.40. The van der Waals surface area contributed by atoms with Crippen LogP contribution in [0.5, 0.6) is 0 Å². The van der Waals surface area contributed by atoms with Crippen molar-refractivity contribution < 1.29 is 18.0 Å². The lowest BCUT2D eigenvalue weighted by atomic mass is 9.94. The van der Waals surface area contributed by atoms with Crippen molar-refractivity contribution in [3.05, 3.63) is 84.9 Å². The highest BCUT2D eigenvalue weighted by Gasteiger charge is 2.57. The minimum Gasteiger partial charge on any atom is -0.348 e.